The van der Waals surface area contributed by atoms with Crippen molar-refractivity contribution in [1.29, 1.82) is 0 Å². The van der Waals surface area contributed by atoms with Gasteiger partial charge in [0.15, 0.2) is 0 Å². The molecule has 0 fully saturated rings. The van der Waals surface area contributed by atoms with E-state index in [-0.39, 0.29) is 0 Å². The first-order chi connectivity index (χ1) is 10.3. The maximum atomic E-state index is 3.69. The van der Waals surface area contributed by atoms with Crippen LogP contribution in [0.5, 0.6) is 0 Å². The van der Waals surface area contributed by atoms with E-state index in [9.17, 15) is 0 Å². The SMILES string of the molecule is Brc1cccc2c1sc1c2ccc2sc3ccccc3c21. The molecule has 3 heteroatoms. The molecule has 0 nitrogen and oxygen atoms in total. The Bertz CT molecular complexity index is 1150. The molecule has 0 saturated heterocycles. The minimum atomic E-state index is 1.19. The van der Waals surface area contributed by atoms with Crippen LogP contribution in [0.3, 0.4) is 0 Å². The van der Waals surface area contributed by atoms with Crippen molar-refractivity contribution in [2.75, 3.05) is 0 Å². The molecule has 0 amide bonds. The summed E-state index contributed by atoms with van der Waals surface area (Å²) in [6.07, 6.45) is 0. The topological polar surface area (TPSA) is 0 Å². The second kappa shape index (κ2) is 4.29. The molecule has 100 valence electrons. The Morgan fingerprint density at radius 2 is 1.43 bits per heavy atom. The molecule has 0 N–H and O–H groups in total. The van der Waals surface area contributed by atoms with Crippen LogP contribution in [-0.4, -0.2) is 0 Å². The molecule has 3 aromatic carbocycles. The van der Waals surface area contributed by atoms with Crippen molar-refractivity contribution in [3.63, 3.8) is 0 Å². The molecule has 0 saturated carbocycles. The van der Waals surface area contributed by atoms with Crippen molar-refractivity contribution in [3.05, 3.63) is 59.1 Å². The summed E-state index contributed by atoms with van der Waals surface area (Å²) in [5.74, 6) is 0. The second-order valence-corrected chi connectivity index (χ2v) is 8.09. The van der Waals surface area contributed by atoms with Gasteiger partial charge in [-0.2, -0.15) is 0 Å². The molecule has 2 aromatic heterocycles. The van der Waals surface area contributed by atoms with Crippen LogP contribution in [0.25, 0.3) is 40.3 Å². The monoisotopic (exact) mass is 368 g/mol. The van der Waals surface area contributed by atoms with Gasteiger partial charge in [-0.05, 0) is 34.1 Å². The number of halogens is 1. The fourth-order valence-corrected chi connectivity index (χ4v) is 6.09. The average Bonchev–Trinajstić information content (AvgIpc) is 3.05. The van der Waals surface area contributed by atoms with Gasteiger partial charge in [0.25, 0.3) is 0 Å². The van der Waals surface area contributed by atoms with E-state index in [1.165, 1.54) is 44.8 Å². The Hall–Kier alpha value is -1.42. The maximum absolute atomic E-state index is 3.69. The average molecular weight is 369 g/mol. The van der Waals surface area contributed by atoms with E-state index < -0.39 is 0 Å². The minimum Gasteiger partial charge on any atom is -0.135 e. The number of rotatable bonds is 0. The highest BCUT2D eigenvalue weighted by Gasteiger charge is 2.13. The van der Waals surface area contributed by atoms with E-state index in [2.05, 4.69) is 70.5 Å². The highest BCUT2D eigenvalue weighted by atomic mass is 79.9. The van der Waals surface area contributed by atoms with Crippen molar-refractivity contribution < 1.29 is 0 Å². The van der Waals surface area contributed by atoms with Gasteiger partial charge in [0.2, 0.25) is 0 Å². The van der Waals surface area contributed by atoms with Crippen LogP contribution < -0.4 is 0 Å². The highest BCUT2D eigenvalue weighted by Crippen LogP contribution is 2.45. The fourth-order valence-electron chi connectivity index (χ4n) is 3.03. The Morgan fingerprint density at radius 3 is 2.38 bits per heavy atom. The third-order valence-electron chi connectivity index (χ3n) is 3.96. The van der Waals surface area contributed by atoms with Gasteiger partial charge in [0.1, 0.15) is 0 Å². The standard InChI is InChI=1S/C18H9BrS2/c19-13-6-3-5-10-11-8-9-15-16(18(11)21-17(10)13)12-4-1-2-7-14(12)20-15/h1-9H. The number of benzene rings is 3. The molecule has 5 rings (SSSR count). The minimum absolute atomic E-state index is 1.19. The Morgan fingerprint density at radius 1 is 0.619 bits per heavy atom. The van der Waals surface area contributed by atoms with Crippen LogP contribution in [0.2, 0.25) is 0 Å². The zero-order chi connectivity index (χ0) is 14.0. The first-order valence-corrected chi connectivity index (χ1v) is 9.16. The molecule has 0 aliphatic rings. The van der Waals surface area contributed by atoms with E-state index in [1.807, 2.05) is 22.7 Å². The third kappa shape index (κ3) is 1.60. The summed E-state index contributed by atoms with van der Waals surface area (Å²) in [4.78, 5) is 0. The van der Waals surface area contributed by atoms with Crippen molar-refractivity contribution in [2.45, 2.75) is 0 Å². The molecule has 0 unspecified atom stereocenters. The quantitative estimate of drug-likeness (QED) is 0.271. The largest absolute Gasteiger partial charge is 0.135 e. The van der Waals surface area contributed by atoms with Crippen LogP contribution in [0.4, 0.5) is 0 Å². The van der Waals surface area contributed by atoms with Gasteiger partial charge in [-0.1, -0.05) is 36.4 Å². The molecule has 0 aliphatic carbocycles. The van der Waals surface area contributed by atoms with Crippen LogP contribution in [0, 0.1) is 0 Å². The lowest BCUT2D eigenvalue weighted by atomic mass is 10.1. The summed E-state index contributed by atoms with van der Waals surface area (Å²) < 4.78 is 6.69. The van der Waals surface area contributed by atoms with E-state index >= 15 is 0 Å². The first kappa shape index (κ1) is 12.2. The number of fused-ring (bicyclic) bond motifs is 7. The zero-order valence-corrected chi connectivity index (χ0v) is 14.1. The van der Waals surface area contributed by atoms with Gasteiger partial charge >= 0.3 is 0 Å². The number of hydrogen-bond acceptors (Lipinski definition) is 2. The predicted octanol–water partition coefficient (Wildman–Crippen LogP) is 7.18. The Kier molecular flexibility index (Phi) is 2.48. The van der Waals surface area contributed by atoms with Gasteiger partial charge in [-0.15, -0.1) is 22.7 Å². The summed E-state index contributed by atoms with van der Waals surface area (Å²) in [6.45, 7) is 0. The normalized spacial score (nSPS) is 12.0. The first-order valence-electron chi connectivity index (χ1n) is 6.74. The Labute approximate surface area is 137 Å². The maximum Gasteiger partial charge on any atom is 0.0497 e. The summed E-state index contributed by atoms with van der Waals surface area (Å²) in [7, 11) is 0. The molecule has 0 radical (unpaired) electrons. The molecule has 5 aromatic rings. The van der Waals surface area contributed by atoms with Crippen LogP contribution in [-0.2, 0) is 0 Å². The zero-order valence-electron chi connectivity index (χ0n) is 10.9. The molecule has 0 spiro atoms. The summed E-state index contributed by atoms with van der Waals surface area (Å²) in [5, 5.41) is 5.51. The molecular weight excluding hydrogens is 360 g/mol. The smallest absolute Gasteiger partial charge is 0.0497 e. The van der Waals surface area contributed by atoms with Crippen molar-refractivity contribution >= 4 is 78.9 Å². The van der Waals surface area contributed by atoms with Gasteiger partial charge in [-0.3, -0.25) is 0 Å². The molecule has 0 atom stereocenters. The highest BCUT2D eigenvalue weighted by molar-refractivity contribution is 9.10. The third-order valence-corrected chi connectivity index (χ3v) is 7.29. The van der Waals surface area contributed by atoms with Crippen molar-refractivity contribution in [2.24, 2.45) is 0 Å². The van der Waals surface area contributed by atoms with Crippen LogP contribution in [0.1, 0.15) is 0 Å². The van der Waals surface area contributed by atoms with E-state index in [4.69, 9.17) is 0 Å². The molecule has 0 bridgehead atoms. The van der Waals surface area contributed by atoms with Gasteiger partial charge in [0.05, 0.1) is 0 Å². The van der Waals surface area contributed by atoms with E-state index in [1.54, 1.807) is 0 Å². The van der Waals surface area contributed by atoms with E-state index in [0.717, 1.165) is 0 Å². The molecular formula is C18H9BrS2. The van der Waals surface area contributed by atoms with E-state index in [0.29, 0.717) is 0 Å². The van der Waals surface area contributed by atoms with Crippen molar-refractivity contribution in [1.82, 2.24) is 0 Å². The number of hydrogen-bond donors (Lipinski definition) is 0. The van der Waals surface area contributed by atoms with Gasteiger partial charge in [0, 0.05) is 44.8 Å². The molecule has 2 heterocycles. The van der Waals surface area contributed by atoms with Gasteiger partial charge in [-0.25, -0.2) is 0 Å². The van der Waals surface area contributed by atoms with Crippen LogP contribution >= 0.6 is 38.6 Å². The predicted molar refractivity (Wildman–Crippen MR) is 99.9 cm³/mol. The summed E-state index contributed by atoms with van der Waals surface area (Å²) in [5.41, 5.74) is 0. The number of thiophene rings is 2. The molecule has 0 aliphatic heterocycles. The Balaban J connectivity index is 2.13. The van der Waals surface area contributed by atoms with Crippen molar-refractivity contribution in [3.8, 4) is 0 Å². The summed E-state index contributed by atoms with van der Waals surface area (Å²) in [6, 6.07) is 19.7. The second-order valence-electron chi connectivity index (χ2n) is 5.13. The summed E-state index contributed by atoms with van der Waals surface area (Å²) >= 11 is 7.48. The lowest BCUT2D eigenvalue weighted by molar-refractivity contribution is 1.80. The lowest BCUT2D eigenvalue weighted by Gasteiger charge is -1.95. The van der Waals surface area contributed by atoms with Crippen LogP contribution in [0.15, 0.2) is 59.1 Å². The lowest BCUT2D eigenvalue weighted by Crippen LogP contribution is -1.69. The van der Waals surface area contributed by atoms with Gasteiger partial charge < -0.3 is 0 Å². The fraction of sp³-hybridized carbons (Fsp3) is 0. The molecule has 21 heavy (non-hydrogen) atoms.